The maximum absolute atomic E-state index is 9.54. The average molecular weight is 269 g/mol. The van der Waals surface area contributed by atoms with Crippen molar-refractivity contribution >= 4 is 10.9 Å². The second-order valence-corrected chi connectivity index (χ2v) is 7.10. The van der Waals surface area contributed by atoms with Crippen LogP contribution in [-0.2, 0) is 6.61 Å². The van der Waals surface area contributed by atoms with Gasteiger partial charge in [0.1, 0.15) is 0 Å². The molecule has 0 saturated heterocycles. The molecule has 1 N–H and O–H groups in total. The van der Waals surface area contributed by atoms with Gasteiger partial charge in [0.05, 0.1) is 12.1 Å². The lowest BCUT2D eigenvalue weighted by Crippen LogP contribution is -2.21. The van der Waals surface area contributed by atoms with Crippen LogP contribution in [0, 0.1) is 11.3 Å². The summed E-state index contributed by atoms with van der Waals surface area (Å²) in [6.45, 7) is 7.04. The molecule has 1 aliphatic rings. The first-order valence-electron chi connectivity index (χ1n) is 7.49. The Morgan fingerprint density at radius 3 is 2.65 bits per heavy atom. The van der Waals surface area contributed by atoms with E-state index in [-0.39, 0.29) is 12.0 Å². The van der Waals surface area contributed by atoms with Crippen molar-refractivity contribution in [2.75, 3.05) is 0 Å². The molecule has 1 fully saturated rings. The number of pyridine rings is 1. The Morgan fingerprint density at radius 2 is 2.05 bits per heavy atom. The number of hydrogen-bond donors (Lipinski definition) is 1. The van der Waals surface area contributed by atoms with E-state index in [9.17, 15) is 5.11 Å². The van der Waals surface area contributed by atoms with Gasteiger partial charge < -0.3 is 5.11 Å². The smallest absolute Gasteiger partial charge is 0.0737 e. The molecule has 2 heteroatoms. The minimum Gasteiger partial charge on any atom is -0.392 e. The Morgan fingerprint density at radius 1 is 1.30 bits per heavy atom. The van der Waals surface area contributed by atoms with E-state index < -0.39 is 0 Å². The SMILES string of the molecule is CC(C)(C)C(c1cc(CO)cc2cccnc12)C1CC1. The van der Waals surface area contributed by atoms with E-state index in [4.69, 9.17) is 0 Å². The van der Waals surface area contributed by atoms with Crippen molar-refractivity contribution in [2.24, 2.45) is 11.3 Å². The van der Waals surface area contributed by atoms with Gasteiger partial charge in [0.25, 0.3) is 0 Å². The zero-order chi connectivity index (χ0) is 14.3. The lowest BCUT2D eigenvalue weighted by Gasteiger charge is -2.32. The van der Waals surface area contributed by atoms with Gasteiger partial charge in [-0.1, -0.05) is 32.9 Å². The lowest BCUT2D eigenvalue weighted by atomic mass is 9.72. The topological polar surface area (TPSA) is 33.1 Å². The number of aliphatic hydroxyl groups excluding tert-OH is 1. The minimum absolute atomic E-state index is 0.0966. The molecule has 1 heterocycles. The molecule has 0 amide bonds. The summed E-state index contributed by atoms with van der Waals surface area (Å²) in [6.07, 6.45) is 4.51. The fourth-order valence-electron chi connectivity index (χ4n) is 3.47. The second kappa shape index (κ2) is 4.85. The Labute approximate surface area is 120 Å². The second-order valence-electron chi connectivity index (χ2n) is 7.10. The van der Waals surface area contributed by atoms with Gasteiger partial charge >= 0.3 is 0 Å². The Kier molecular flexibility index (Phi) is 3.29. The van der Waals surface area contributed by atoms with E-state index in [1.54, 1.807) is 0 Å². The van der Waals surface area contributed by atoms with Gasteiger partial charge in [-0.3, -0.25) is 4.98 Å². The standard InChI is InChI=1S/C18H23NO/c1-18(2,3)16(13-6-7-13)15-10-12(11-20)9-14-5-4-8-19-17(14)15/h4-5,8-10,13,16,20H,6-7,11H2,1-3H3. The number of fused-ring (bicyclic) bond motifs is 1. The highest BCUT2D eigenvalue weighted by molar-refractivity contribution is 5.83. The van der Waals surface area contributed by atoms with Crippen LogP contribution >= 0.6 is 0 Å². The quantitative estimate of drug-likeness (QED) is 0.902. The van der Waals surface area contributed by atoms with Gasteiger partial charge in [-0.25, -0.2) is 0 Å². The summed E-state index contributed by atoms with van der Waals surface area (Å²) in [5.74, 6) is 1.29. The molecule has 1 unspecified atom stereocenters. The number of rotatable bonds is 3. The largest absolute Gasteiger partial charge is 0.392 e. The molecule has 1 aliphatic carbocycles. The summed E-state index contributed by atoms with van der Waals surface area (Å²) in [5, 5.41) is 10.7. The van der Waals surface area contributed by atoms with Crippen molar-refractivity contribution in [3.05, 3.63) is 41.6 Å². The molecule has 106 valence electrons. The molecule has 0 spiro atoms. The molecule has 0 aliphatic heterocycles. The van der Waals surface area contributed by atoms with Gasteiger partial charge in [-0.2, -0.15) is 0 Å². The van der Waals surface area contributed by atoms with Crippen LogP contribution in [0.3, 0.4) is 0 Å². The van der Waals surface area contributed by atoms with Crippen LogP contribution in [0.2, 0.25) is 0 Å². The first-order chi connectivity index (χ1) is 9.50. The summed E-state index contributed by atoms with van der Waals surface area (Å²) < 4.78 is 0. The fourth-order valence-corrected chi connectivity index (χ4v) is 3.47. The zero-order valence-electron chi connectivity index (χ0n) is 12.6. The van der Waals surface area contributed by atoms with Crippen LogP contribution < -0.4 is 0 Å². The summed E-state index contributed by atoms with van der Waals surface area (Å²) in [7, 11) is 0. The van der Waals surface area contributed by atoms with E-state index in [0.29, 0.717) is 5.92 Å². The molecule has 1 aromatic heterocycles. The van der Waals surface area contributed by atoms with Crippen molar-refractivity contribution in [1.29, 1.82) is 0 Å². The van der Waals surface area contributed by atoms with Crippen molar-refractivity contribution < 1.29 is 5.11 Å². The molecule has 20 heavy (non-hydrogen) atoms. The summed E-state index contributed by atoms with van der Waals surface area (Å²) in [6, 6.07) is 8.29. The third-order valence-electron chi connectivity index (χ3n) is 4.34. The molecule has 1 atom stereocenters. The van der Waals surface area contributed by atoms with Gasteiger partial charge in [0.15, 0.2) is 0 Å². The number of aromatic nitrogens is 1. The number of hydrogen-bond acceptors (Lipinski definition) is 2. The Balaban J connectivity index is 2.22. The zero-order valence-corrected chi connectivity index (χ0v) is 12.6. The molecule has 1 saturated carbocycles. The fraction of sp³-hybridized carbons (Fsp3) is 0.500. The van der Waals surface area contributed by atoms with E-state index in [1.165, 1.54) is 18.4 Å². The van der Waals surface area contributed by atoms with Crippen molar-refractivity contribution in [2.45, 2.75) is 46.1 Å². The van der Waals surface area contributed by atoms with Crippen LogP contribution in [0.4, 0.5) is 0 Å². The molecule has 2 nitrogen and oxygen atoms in total. The van der Waals surface area contributed by atoms with Crippen LogP contribution in [0.15, 0.2) is 30.5 Å². The monoisotopic (exact) mass is 269 g/mol. The minimum atomic E-state index is 0.0966. The highest BCUT2D eigenvalue weighted by atomic mass is 16.3. The van der Waals surface area contributed by atoms with E-state index >= 15 is 0 Å². The first kappa shape index (κ1) is 13.6. The summed E-state index contributed by atoms with van der Waals surface area (Å²) in [5.41, 5.74) is 3.65. The molecule has 3 rings (SSSR count). The normalized spacial score (nSPS) is 17.4. The maximum atomic E-state index is 9.54. The van der Waals surface area contributed by atoms with E-state index in [0.717, 1.165) is 22.4 Å². The maximum Gasteiger partial charge on any atom is 0.0737 e. The van der Waals surface area contributed by atoms with Gasteiger partial charge in [-0.15, -0.1) is 0 Å². The molecule has 2 aromatic rings. The number of nitrogens with zero attached hydrogens (tertiary/aromatic N) is 1. The summed E-state index contributed by atoms with van der Waals surface area (Å²) >= 11 is 0. The molecule has 0 bridgehead atoms. The van der Waals surface area contributed by atoms with Crippen LogP contribution in [0.5, 0.6) is 0 Å². The lowest BCUT2D eigenvalue weighted by molar-refractivity contribution is 0.278. The predicted molar refractivity (Wildman–Crippen MR) is 82.6 cm³/mol. The average Bonchev–Trinajstić information content (AvgIpc) is 3.21. The molecule has 0 radical (unpaired) electrons. The van der Waals surface area contributed by atoms with Crippen molar-refractivity contribution in [3.8, 4) is 0 Å². The first-order valence-corrected chi connectivity index (χ1v) is 7.49. The third kappa shape index (κ3) is 2.45. The van der Waals surface area contributed by atoms with Crippen molar-refractivity contribution in [3.63, 3.8) is 0 Å². The highest BCUT2D eigenvalue weighted by Crippen LogP contribution is 2.52. The number of benzene rings is 1. The summed E-state index contributed by atoms with van der Waals surface area (Å²) in [4.78, 5) is 4.62. The van der Waals surface area contributed by atoms with Crippen molar-refractivity contribution in [1.82, 2.24) is 4.98 Å². The molecular weight excluding hydrogens is 246 g/mol. The highest BCUT2D eigenvalue weighted by Gasteiger charge is 2.40. The number of aliphatic hydroxyl groups is 1. The third-order valence-corrected chi connectivity index (χ3v) is 4.34. The molecule has 1 aromatic carbocycles. The Bertz CT molecular complexity index is 623. The Hall–Kier alpha value is -1.41. The molecular formula is C18H23NO. The van der Waals surface area contributed by atoms with Crippen LogP contribution in [0.25, 0.3) is 10.9 Å². The van der Waals surface area contributed by atoms with Crippen LogP contribution in [0.1, 0.15) is 50.7 Å². The van der Waals surface area contributed by atoms with Crippen LogP contribution in [-0.4, -0.2) is 10.1 Å². The van der Waals surface area contributed by atoms with E-state index in [1.807, 2.05) is 12.3 Å². The van der Waals surface area contributed by atoms with Gasteiger partial charge in [0, 0.05) is 11.6 Å². The predicted octanol–water partition coefficient (Wildman–Crippen LogP) is 4.27. The van der Waals surface area contributed by atoms with Gasteiger partial charge in [0.2, 0.25) is 0 Å². The van der Waals surface area contributed by atoms with Gasteiger partial charge in [-0.05, 0) is 53.4 Å². The van der Waals surface area contributed by atoms with E-state index in [2.05, 4.69) is 44.0 Å².